The van der Waals surface area contributed by atoms with Gasteiger partial charge in [-0.15, -0.1) is 0 Å². The molecular formula is C19H16F2O2S. The summed E-state index contributed by atoms with van der Waals surface area (Å²) in [7, 11) is 0. The van der Waals surface area contributed by atoms with Crippen LogP contribution in [-0.4, -0.2) is 17.3 Å². The maximum Gasteiger partial charge on any atom is 0.259 e. The number of hydrogen-bond acceptors (Lipinski definition) is 3. The highest BCUT2D eigenvalue weighted by Crippen LogP contribution is 2.52. The molecule has 3 aliphatic rings. The van der Waals surface area contributed by atoms with Crippen LogP contribution in [0.1, 0.15) is 11.1 Å². The van der Waals surface area contributed by atoms with Crippen molar-refractivity contribution < 1.29 is 18.3 Å². The largest absolute Gasteiger partial charge is 0.448 e. The molecule has 0 aliphatic carbocycles. The van der Waals surface area contributed by atoms with Gasteiger partial charge in [0.05, 0.1) is 0 Å². The van der Waals surface area contributed by atoms with Gasteiger partial charge in [-0.3, -0.25) is 0 Å². The fourth-order valence-electron chi connectivity index (χ4n) is 4.18. The molecule has 1 fully saturated rings. The Labute approximate surface area is 143 Å². The summed E-state index contributed by atoms with van der Waals surface area (Å²) >= 11 is 1.87. The predicted molar refractivity (Wildman–Crippen MR) is 88.5 cm³/mol. The molecule has 2 nitrogen and oxygen atoms in total. The van der Waals surface area contributed by atoms with E-state index >= 15 is 0 Å². The van der Waals surface area contributed by atoms with Crippen molar-refractivity contribution in [3.05, 3.63) is 59.2 Å². The molecule has 1 saturated heterocycles. The first-order valence-electron chi connectivity index (χ1n) is 8.18. The van der Waals surface area contributed by atoms with Crippen LogP contribution in [0.5, 0.6) is 11.5 Å². The Balaban J connectivity index is 1.65. The first-order chi connectivity index (χ1) is 11.7. The van der Waals surface area contributed by atoms with Crippen molar-refractivity contribution in [2.75, 3.05) is 11.5 Å². The highest BCUT2D eigenvalue weighted by molar-refractivity contribution is 7.99. The second kappa shape index (κ2) is 5.12. The average Bonchev–Trinajstić information content (AvgIpc) is 2.58. The summed E-state index contributed by atoms with van der Waals surface area (Å²) in [5, 5.41) is 0. The summed E-state index contributed by atoms with van der Waals surface area (Å²) in [4.78, 5) is 0. The molecule has 0 unspecified atom stereocenters. The lowest BCUT2D eigenvalue weighted by molar-refractivity contribution is -0.205. The van der Waals surface area contributed by atoms with Gasteiger partial charge in [0, 0.05) is 23.3 Å². The summed E-state index contributed by atoms with van der Waals surface area (Å²) in [6.45, 7) is 0. The van der Waals surface area contributed by atoms with Gasteiger partial charge >= 0.3 is 0 Å². The van der Waals surface area contributed by atoms with Gasteiger partial charge in [0.15, 0.2) is 23.1 Å². The van der Waals surface area contributed by atoms with Crippen LogP contribution in [0.2, 0.25) is 0 Å². The first-order valence-corrected chi connectivity index (χ1v) is 9.33. The Morgan fingerprint density at radius 1 is 0.833 bits per heavy atom. The molecule has 2 aromatic carbocycles. The highest BCUT2D eigenvalue weighted by atomic mass is 32.2. The quantitative estimate of drug-likeness (QED) is 0.712. The molecule has 1 spiro atoms. The standard InChI is InChI=1S/C19H16F2O2S/c20-15-5-1-3-11-7-13-9-24-10-14-8-12-4-2-6-16(21)18(12)23-19(13,14)22-17(11)15/h1-6,13-14H,7-10H2/t13-,14-,19?/m0/s1. The number of benzene rings is 2. The minimum absolute atomic E-state index is 0.0864. The molecule has 2 atom stereocenters. The van der Waals surface area contributed by atoms with Gasteiger partial charge in [-0.1, -0.05) is 24.3 Å². The van der Waals surface area contributed by atoms with Crippen LogP contribution in [0.25, 0.3) is 0 Å². The van der Waals surface area contributed by atoms with Crippen LogP contribution in [0, 0.1) is 23.5 Å². The van der Waals surface area contributed by atoms with Gasteiger partial charge in [0.25, 0.3) is 5.79 Å². The molecule has 5 heteroatoms. The molecule has 0 bridgehead atoms. The molecule has 0 saturated carbocycles. The SMILES string of the molecule is Fc1cccc2c1OC13Oc4c(F)cccc4C[C@H]1CSC[C@@H]3C2. The lowest BCUT2D eigenvalue weighted by Crippen LogP contribution is -2.63. The van der Waals surface area contributed by atoms with Crippen LogP contribution in [0.3, 0.4) is 0 Å². The van der Waals surface area contributed by atoms with E-state index in [-0.39, 0.29) is 35.0 Å². The van der Waals surface area contributed by atoms with Crippen molar-refractivity contribution in [1.82, 2.24) is 0 Å². The van der Waals surface area contributed by atoms with E-state index in [2.05, 4.69) is 0 Å². The van der Waals surface area contributed by atoms with Gasteiger partial charge in [-0.25, -0.2) is 8.78 Å². The molecule has 5 rings (SSSR count). The average molecular weight is 346 g/mol. The number of fused-ring (bicyclic) bond motifs is 2. The Morgan fingerprint density at radius 3 is 1.83 bits per heavy atom. The van der Waals surface area contributed by atoms with E-state index in [1.165, 1.54) is 12.1 Å². The topological polar surface area (TPSA) is 18.5 Å². The molecular weight excluding hydrogens is 330 g/mol. The lowest BCUT2D eigenvalue weighted by atomic mass is 9.77. The number of thioether (sulfide) groups is 1. The van der Waals surface area contributed by atoms with Crippen LogP contribution in [0.15, 0.2) is 36.4 Å². The summed E-state index contributed by atoms with van der Waals surface area (Å²) in [5.41, 5.74) is 1.74. The zero-order valence-electron chi connectivity index (χ0n) is 12.9. The van der Waals surface area contributed by atoms with Crippen LogP contribution < -0.4 is 9.47 Å². The van der Waals surface area contributed by atoms with Gasteiger partial charge in [-0.05, 0) is 36.1 Å². The molecule has 0 aromatic heterocycles. The monoisotopic (exact) mass is 346 g/mol. The molecule has 3 aliphatic heterocycles. The van der Waals surface area contributed by atoms with E-state index in [0.29, 0.717) is 12.8 Å². The van der Waals surface area contributed by atoms with E-state index in [1.54, 1.807) is 12.1 Å². The predicted octanol–water partition coefficient (Wildman–Crippen LogP) is 4.21. The second-order valence-electron chi connectivity index (χ2n) is 6.72. The molecule has 124 valence electrons. The number of halogens is 2. The Morgan fingerprint density at radius 2 is 1.33 bits per heavy atom. The normalized spacial score (nSPS) is 30.1. The van der Waals surface area contributed by atoms with Crippen molar-refractivity contribution in [3.63, 3.8) is 0 Å². The third-order valence-corrected chi connectivity index (χ3v) is 6.61. The van der Waals surface area contributed by atoms with Gasteiger partial charge in [-0.2, -0.15) is 11.8 Å². The molecule has 0 radical (unpaired) electrons. The lowest BCUT2D eigenvalue weighted by Gasteiger charge is -2.53. The highest BCUT2D eigenvalue weighted by Gasteiger charge is 2.57. The third kappa shape index (κ3) is 1.94. The molecule has 3 heterocycles. The summed E-state index contributed by atoms with van der Waals surface area (Å²) in [5.74, 6) is 0.741. The fraction of sp³-hybridized carbons (Fsp3) is 0.368. The van der Waals surface area contributed by atoms with Gasteiger partial charge in [0.2, 0.25) is 0 Å². The maximum atomic E-state index is 14.3. The third-order valence-electron chi connectivity index (χ3n) is 5.33. The van der Waals surface area contributed by atoms with Crippen LogP contribution >= 0.6 is 11.8 Å². The second-order valence-corrected chi connectivity index (χ2v) is 7.80. The molecule has 0 amide bonds. The zero-order chi connectivity index (χ0) is 16.3. The van der Waals surface area contributed by atoms with Crippen molar-refractivity contribution in [3.8, 4) is 11.5 Å². The number of hydrogen-bond donors (Lipinski definition) is 0. The molecule has 0 N–H and O–H groups in total. The Hall–Kier alpha value is -1.75. The minimum Gasteiger partial charge on any atom is -0.448 e. The van der Waals surface area contributed by atoms with Crippen LogP contribution in [0.4, 0.5) is 8.78 Å². The van der Waals surface area contributed by atoms with Gasteiger partial charge < -0.3 is 9.47 Å². The Kier molecular flexibility index (Phi) is 3.11. The number of ether oxygens (including phenoxy) is 2. The molecule has 2 aromatic rings. The Bertz CT molecular complexity index is 756. The van der Waals surface area contributed by atoms with E-state index in [4.69, 9.17) is 9.47 Å². The van der Waals surface area contributed by atoms with E-state index in [1.807, 2.05) is 23.9 Å². The number of rotatable bonds is 0. The van der Waals surface area contributed by atoms with Crippen LogP contribution in [-0.2, 0) is 12.8 Å². The minimum atomic E-state index is -0.963. The number of para-hydroxylation sites is 2. The van der Waals surface area contributed by atoms with Crippen molar-refractivity contribution in [2.45, 2.75) is 18.6 Å². The van der Waals surface area contributed by atoms with Gasteiger partial charge in [0.1, 0.15) is 0 Å². The van der Waals surface area contributed by atoms with Crippen molar-refractivity contribution in [2.24, 2.45) is 11.8 Å². The van der Waals surface area contributed by atoms with E-state index < -0.39 is 5.79 Å². The smallest absolute Gasteiger partial charge is 0.259 e. The first kappa shape index (κ1) is 14.6. The summed E-state index contributed by atoms with van der Waals surface area (Å²) in [6, 6.07) is 10.0. The summed E-state index contributed by atoms with van der Waals surface area (Å²) in [6.07, 6.45) is 1.39. The van der Waals surface area contributed by atoms with Crippen molar-refractivity contribution in [1.29, 1.82) is 0 Å². The zero-order valence-corrected chi connectivity index (χ0v) is 13.7. The van der Waals surface area contributed by atoms with Crippen molar-refractivity contribution >= 4 is 11.8 Å². The van der Waals surface area contributed by atoms with E-state index in [0.717, 1.165) is 22.6 Å². The maximum absolute atomic E-state index is 14.3. The molecule has 24 heavy (non-hydrogen) atoms. The summed E-state index contributed by atoms with van der Waals surface area (Å²) < 4.78 is 41.0. The van der Waals surface area contributed by atoms with E-state index in [9.17, 15) is 8.78 Å². The fourth-order valence-corrected chi connectivity index (χ4v) is 5.59.